The van der Waals surface area contributed by atoms with Crippen LogP contribution in [-0.4, -0.2) is 19.6 Å². The summed E-state index contributed by atoms with van der Waals surface area (Å²) in [4.78, 5) is 12.0. The summed E-state index contributed by atoms with van der Waals surface area (Å²) < 4.78 is 11.0. The van der Waals surface area contributed by atoms with Gasteiger partial charge in [0.05, 0.1) is 7.11 Å². The monoisotopic (exact) mass is 396 g/mol. The molecule has 0 saturated heterocycles. The summed E-state index contributed by atoms with van der Waals surface area (Å²) in [5.41, 5.74) is 2.67. The summed E-state index contributed by atoms with van der Waals surface area (Å²) in [6.45, 7) is 0.497. The molecule has 3 aromatic carbocycles. The third-order valence-electron chi connectivity index (χ3n) is 3.97. The zero-order chi connectivity index (χ0) is 19.8. The van der Waals surface area contributed by atoms with Crippen LogP contribution in [0.1, 0.15) is 5.56 Å². The van der Waals surface area contributed by atoms with Crippen LogP contribution in [-0.2, 0) is 11.3 Å². The molecule has 3 rings (SSSR count). The van der Waals surface area contributed by atoms with Crippen molar-refractivity contribution in [2.24, 2.45) is 0 Å². The van der Waals surface area contributed by atoms with Gasteiger partial charge in [-0.3, -0.25) is 4.79 Å². The van der Waals surface area contributed by atoms with Crippen LogP contribution in [0.15, 0.2) is 72.8 Å². The lowest BCUT2D eigenvalue weighted by Crippen LogP contribution is -2.20. The zero-order valence-corrected chi connectivity index (χ0v) is 16.2. The third kappa shape index (κ3) is 5.66. The van der Waals surface area contributed by atoms with Crippen LogP contribution in [0.3, 0.4) is 0 Å². The average Bonchev–Trinajstić information content (AvgIpc) is 2.72. The Balaban J connectivity index is 1.57. The lowest BCUT2D eigenvalue weighted by atomic mass is 10.2. The summed E-state index contributed by atoms with van der Waals surface area (Å²) >= 11 is 6.00. The molecule has 0 aliphatic rings. The van der Waals surface area contributed by atoms with Crippen LogP contribution in [0.4, 0.5) is 11.4 Å². The Hall–Kier alpha value is -3.18. The topological polar surface area (TPSA) is 59.6 Å². The third-order valence-corrected chi connectivity index (χ3v) is 4.20. The van der Waals surface area contributed by atoms with Crippen LogP contribution in [0, 0.1) is 0 Å². The first-order valence-electron chi connectivity index (χ1n) is 8.78. The molecule has 144 valence electrons. The molecule has 0 atom stereocenters. The van der Waals surface area contributed by atoms with Gasteiger partial charge in [-0.1, -0.05) is 41.9 Å². The fraction of sp³-hybridized carbons (Fsp3) is 0.136. The highest BCUT2D eigenvalue weighted by Crippen LogP contribution is 2.28. The van der Waals surface area contributed by atoms with Crippen molar-refractivity contribution >= 4 is 28.9 Å². The molecule has 0 aromatic heterocycles. The second kappa shape index (κ2) is 9.67. The second-order valence-electron chi connectivity index (χ2n) is 6.05. The van der Waals surface area contributed by atoms with Gasteiger partial charge < -0.3 is 20.1 Å². The number of benzene rings is 3. The Labute approximate surface area is 169 Å². The van der Waals surface area contributed by atoms with E-state index in [4.69, 9.17) is 21.1 Å². The molecular formula is C22H21ClN2O3. The summed E-state index contributed by atoms with van der Waals surface area (Å²) in [6, 6.07) is 22.4. The van der Waals surface area contributed by atoms with Gasteiger partial charge in [0.25, 0.3) is 5.91 Å². The SMILES string of the molecule is COc1cc(CNc2cccc(Cl)c2)ccc1OCC(=O)Nc1ccccc1. The van der Waals surface area contributed by atoms with Gasteiger partial charge in [0, 0.05) is 22.9 Å². The molecule has 0 radical (unpaired) electrons. The van der Waals surface area contributed by atoms with Crippen molar-refractivity contribution in [3.63, 3.8) is 0 Å². The molecule has 2 N–H and O–H groups in total. The molecule has 0 heterocycles. The Kier molecular flexibility index (Phi) is 6.76. The predicted octanol–water partition coefficient (Wildman–Crippen LogP) is 4.98. The maximum absolute atomic E-state index is 12.0. The number of carbonyl (C=O) groups excluding carboxylic acids is 1. The number of hydrogen-bond acceptors (Lipinski definition) is 4. The summed E-state index contributed by atoms with van der Waals surface area (Å²) in [5.74, 6) is 0.843. The molecule has 28 heavy (non-hydrogen) atoms. The predicted molar refractivity (Wildman–Crippen MR) is 112 cm³/mol. The molecule has 3 aromatic rings. The van der Waals surface area contributed by atoms with Gasteiger partial charge in [-0.25, -0.2) is 0 Å². The molecule has 0 fully saturated rings. The van der Waals surface area contributed by atoms with Crippen LogP contribution in [0.5, 0.6) is 11.5 Å². The van der Waals surface area contributed by atoms with E-state index < -0.39 is 0 Å². The highest BCUT2D eigenvalue weighted by molar-refractivity contribution is 6.30. The van der Waals surface area contributed by atoms with E-state index in [0.29, 0.717) is 23.1 Å². The van der Waals surface area contributed by atoms with Crippen molar-refractivity contribution in [2.45, 2.75) is 6.54 Å². The normalized spacial score (nSPS) is 10.2. The first kappa shape index (κ1) is 19.6. The van der Waals surface area contributed by atoms with Gasteiger partial charge in [-0.2, -0.15) is 0 Å². The summed E-state index contributed by atoms with van der Waals surface area (Å²) in [5, 5.41) is 6.76. The van der Waals surface area contributed by atoms with E-state index >= 15 is 0 Å². The fourth-order valence-corrected chi connectivity index (χ4v) is 2.80. The van der Waals surface area contributed by atoms with Crippen molar-refractivity contribution in [1.82, 2.24) is 0 Å². The van der Waals surface area contributed by atoms with Gasteiger partial charge in [0.15, 0.2) is 18.1 Å². The Morgan fingerprint density at radius 1 is 0.929 bits per heavy atom. The number of carbonyl (C=O) groups is 1. The van der Waals surface area contributed by atoms with Crippen molar-refractivity contribution in [1.29, 1.82) is 0 Å². The number of anilines is 2. The van der Waals surface area contributed by atoms with E-state index in [0.717, 1.165) is 16.9 Å². The summed E-state index contributed by atoms with van der Waals surface area (Å²) in [6.07, 6.45) is 0. The van der Waals surface area contributed by atoms with Gasteiger partial charge in [-0.05, 0) is 48.0 Å². The molecule has 1 amide bonds. The highest BCUT2D eigenvalue weighted by Gasteiger charge is 2.09. The number of nitrogens with one attached hydrogen (secondary N) is 2. The molecular weight excluding hydrogens is 376 g/mol. The number of amides is 1. The Morgan fingerprint density at radius 2 is 1.71 bits per heavy atom. The minimum atomic E-state index is -0.236. The smallest absolute Gasteiger partial charge is 0.262 e. The molecule has 0 aliphatic carbocycles. The van der Waals surface area contributed by atoms with E-state index in [1.807, 2.05) is 66.7 Å². The minimum absolute atomic E-state index is 0.106. The molecule has 0 spiro atoms. The van der Waals surface area contributed by atoms with Crippen molar-refractivity contribution < 1.29 is 14.3 Å². The van der Waals surface area contributed by atoms with Crippen LogP contribution in [0.25, 0.3) is 0 Å². The molecule has 0 saturated carbocycles. The van der Waals surface area contributed by atoms with Gasteiger partial charge >= 0.3 is 0 Å². The van der Waals surface area contributed by atoms with Crippen molar-refractivity contribution in [3.8, 4) is 11.5 Å². The number of halogens is 1. The number of rotatable bonds is 8. The molecule has 0 bridgehead atoms. The molecule has 0 aliphatic heterocycles. The second-order valence-corrected chi connectivity index (χ2v) is 6.49. The quantitative estimate of drug-likeness (QED) is 0.563. The number of ether oxygens (including phenoxy) is 2. The van der Waals surface area contributed by atoms with Crippen LogP contribution < -0.4 is 20.1 Å². The van der Waals surface area contributed by atoms with E-state index in [1.165, 1.54) is 0 Å². The Morgan fingerprint density at radius 3 is 2.46 bits per heavy atom. The van der Waals surface area contributed by atoms with Crippen molar-refractivity contribution in [3.05, 3.63) is 83.4 Å². The molecule has 5 nitrogen and oxygen atoms in total. The standard InChI is InChI=1S/C22H21ClN2O3/c1-27-21-12-16(14-24-19-9-5-6-17(23)13-19)10-11-20(21)28-15-22(26)25-18-7-3-2-4-8-18/h2-13,24H,14-15H2,1H3,(H,25,26). The first-order chi connectivity index (χ1) is 13.6. The van der Waals surface area contributed by atoms with Crippen LogP contribution >= 0.6 is 11.6 Å². The first-order valence-corrected chi connectivity index (χ1v) is 9.16. The number of hydrogen-bond donors (Lipinski definition) is 2. The lowest BCUT2D eigenvalue weighted by molar-refractivity contribution is -0.118. The summed E-state index contributed by atoms with van der Waals surface area (Å²) in [7, 11) is 1.57. The van der Waals surface area contributed by atoms with Crippen LogP contribution in [0.2, 0.25) is 5.02 Å². The lowest BCUT2D eigenvalue weighted by Gasteiger charge is -2.13. The van der Waals surface area contributed by atoms with E-state index in [9.17, 15) is 4.79 Å². The van der Waals surface area contributed by atoms with Gasteiger partial charge in [-0.15, -0.1) is 0 Å². The minimum Gasteiger partial charge on any atom is -0.493 e. The maximum Gasteiger partial charge on any atom is 0.262 e. The van der Waals surface area contributed by atoms with E-state index in [-0.39, 0.29) is 12.5 Å². The van der Waals surface area contributed by atoms with Gasteiger partial charge in [0.1, 0.15) is 0 Å². The molecule has 0 unspecified atom stereocenters. The highest BCUT2D eigenvalue weighted by atomic mass is 35.5. The largest absolute Gasteiger partial charge is 0.493 e. The number of para-hydroxylation sites is 1. The van der Waals surface area contributed by atoms with Crippen molar-refractivity contribution in [2.75, 3.05) is 24.4 Å². The zero-order valence-electron chi connectivity index (χ0n) is 15.4. The van der Waals surface area contributed by atoms with E-state index in [2.05, 4.69) is 10.6 Å². The maximum atomic E-state index is 12.0. The van der Waals surface area contributed by atoms with Gasteiger partial charge in [0.2, 0.25) is 0 Å². The van der Waals surface area contributed by atoms with E-state index in [1.54, 1.807) is 13.2 Å². The average molecular weight is 397 g/mol. The Bertz CT molecular complexity index is 932. The fourth-order valence-electron chi connectivity index (χ4n) is 2.61. The number of methoxy groups -OCH3 is 1. The molecule has 6 heteroatoms.